The van der Waals surface area contributed by atoms with E-state index in [0.717, 1.165) is 0 Å². The first kappa shape index (κ1) is 23.9. The van der Waals surface area contributed by atoms with Gasteiger partial charge in [-0.25, -0.2) is 0 Å². The molecule has 1 aliphatic heterocycles. The SMILES string of the molecule is CO[C@@H]1O[C@H](CCO[Si](c2ccccc2)(c2ccccc2)C(C)(C)C)[C@H](C)C(=O)[C@H]1C. The predicted molar refractivity (Wildman–Crippen MR) is 127 cm³/mol. The highest BCUT2D eigenvalue weighted by Gasteiger charge is 2.50. The van der Waals surface area contributed by atoms with Gasteiger partial charge in [-0.2, -0.15) is 0 Å². The third kappa shape index (κ3) is 4.70. The fraction of sp³-hybridized carbons (Fsp3) is 0.500. The minimum atomic E-state index is -2.58. The number of hydrogen-bond donors (Lipinski definition) is 0. The van der Waals surface area contributed by atoms with Crippen LogP contribution >= 0.6 is 0 Å². The molecule has 0 spiro atoms. The quantitative estimate of drug-likeness (QED) is 0.607. The third-order valence-corrected chi connectivity index (χ3v) is 11.6. The molecule has 1 heterocycles. The molecule has 2 aromatic rings. The van der Waals surface area contributed by atoms with E-state index in [1.54, 1.807) is 7.11 Å². The fourth-order valence-corrected chi connectivity index (χ4v) is 9.39. The fourth-order valence-electron chi connectivity index (χ4n) is 4.81. The number of rotatable bonds is 7. The normalized spacial score (nSPS) is 24.9. The van der Waals surface area contributed by atoms with Crippen molar-refractivity contribution in [2.24, 2.45) is 11.8 Å². The summed E-state index contributed by atoms with van der Waals surface area (Å²) in [5.74, 6) is -0.202. The second-order valence-corrected chi connectivity index (χ2v) is 13.9. The molecule has 5 heteroatoms. The van der Waals surface area contributed by atoms with Gasteiger partial charge in [-0.15, -0.1) is 0 Å². The zero-order valence-corrected chi connectivity index (χ0v) is 20.6. The summed E-state index contributed by atoms with van der Waals surface area (Å²) in [5, 5.41) is 2.44. The molecule has 4 atom stereocenters. The van der Waals surface area contributed by atoms with E-state index in [0.29, 0.717) is 13.0 Å². The van der Waals surface area contributed by atoms with E-state index < -0.39 is 14.6 Å². The Bertz CT molecular complexity index is 807. The van der Waals surface area contributed by atoms with Crippen molar-refractivity contribution in [2.75, 3.05) is 13.7 Å². The van der Waals surface area contributed by atoms with Crippen molar-refractivity contribution in [2.45, 2.75) is 58.5 Å². The van der Waals surface area contributed by atoms with E-state index in [1.165, 1.54) is 10.4 Å². The summed E-state index contributed by atoms with van der Waals surface area (Å²) in [7, 11) is -0.986. The van der Waals surface area contributed by atoms with Gasteiger partial charge in [0, 0.05) is 19.6 Å². The summed E-state index contributed by atoms with van der Waals surface area (Å²) in [6, 6.07) is 21.2. The summed E-state index contributed by atoms with van der Waals surface area (Å²) in [4.78, 5) is 12.7. The number of carbonyl (C=O) groups is 1. The highest BCUT2D eigenvalue weighted by atomic mass is 28.4. The lowest BCUT2D eigenvalue weighted by molar-refractivity contribution is -0.217. The molecule has 1 fully saturated rings. The average molecular weight is 441 g/mol. The number of hydrogen-bond acceptors (Lipinski definition) is 4. The first-order valence-corrected chi connectivity index (χ1v) is 13.1. The summed E-state index contributed by atoms with van der Waals surface area (Å²) in [6.45, 7) is 11.2. The Morgan fingerprint density at radius 3 is 1.87 bits per heavy atom. The second-order valence-electron chi connectivity index (χ2n) is 9.56. The summed E-state index contributed by atoms with van der Waals surface area (Å²) in [6.07, 6.45) is -0.0299. The van der Waals surface area contributed by atoms with Gasteiger partial charge in [0.1, 0.15) is 5.78 Å². The molecule has 3 rings (SSSR count). The molecule has 1 aliphatic rings. The van der Waals surface area contributed by atoms with Gasteiger partial charge >= 0.3 is 0 Å². The van der Waals surface area contributed by atoms with Crippen molar-refractivity contribution in [1.82, 2.24) is 0 Å². The van der Waals surface area contributed by atoms with Crippen LogP contribution < -0.4 is 10.4 Å². The first-order chi connectivity index (χ1) is 14.7. The largest absolute Gasteiger partial charge is 0.407 e. The van der Waals surface area contributed by atoms with Crippen LogP contribution in [-0.4, -0.2) is 40.2 Å². The maximum absolute atomic E-state index is 12.7. The molecule has 0 unspecified atom stereocenters. The van der Waals surface area contributed by atoms with Crippen LogP contribution in [0.15, 0.2) is 60.7 Å². The molecule has 0 bridgehead atoms. The van der Waals surface area contributed by atoms with Crippen LogP contribution in [0.3, 0.4) is 0 Å². The molecule has 4 nitrogen and oxygen atoms in total. The number of ether oxygens (including phenoxy) is 2. The van der Waals surface area contributed by atoms with Crippen molar-refractivity contribution in [3.05, 3.63) is 60.7 Å². The van der Waals surface area contributed by atoms with Gasteiger partial charge < -0.3 is 13.9 Å². The van der Waals surface area contributed by atoms with Crippen LogP contribution in [0.4, 0.5) is 0 Å². The summed E-state index contributed by atoms with van der Waals surface area (Å²) < 4.78 is 18.5. The van der Waals surface area contributed by atoms with E-state index in [1.807, 2.05) is 26.0 Å². The van der Waals surface area contributed by atoms with Crippen LogP contribution in [0, 0.1) is 11.8 Å². The number of carbonyl (C=O) groups excluding carboxylic acids is 1. The molecule has 0 aromatic heterocycles. The Kier molecular flexibility index (Phi) is 7.53. The van der Waals surface area contributed by atoms with Crippen molar-refractivity contribution < 1.29 is 18.7 Å². The summed E-state index contributed by atoms with van der Waals surface area (Å²) >= 11 is 0. The van der Waals surface area contributed by atoms with Crippen LogP contribution in [0.1, 0.15) is 41.0 Å². The Hall–Kier alpha value is -1.79. The minimum absolute atomic E-state index is 0.0753. The van der Waals surface area contributed by atoms with E-state index in [2.05, 4.69) is 69.3 Å². The number of Topliss-reactive ketones (excluding diaryl/α,β-unsaturated/α-hetero) is 1. The molecule has 1 saturated heterocycles. The highest BCUT2D eigenvalue weighted by Crippen LogP contribution is 2.37. The lowest BCUT2D eigenvalue weighted by atomic mass is 9.86. The van der Waals surface area contributed by atoms with Gasteiger partial charge in [-0.1, -0.05) is 95.3 Å². The Morgan fingerprint density at radius 2 is 1.42 bits per heavy atom. The standard InChI is InChI=1S/C26H36O4Si/c1-19-23(30-25(28-6)20(2)24(19)27)17-18-29-31(26(3,4)5,21-13-9-7-10-14-21)22-15-11-8-12-16-22/h7-16,19-20,23,25H,17-18H2,1-6H3/t19-,20+,23+,25+/m0/s1. The van der Waals surface area contributed by atoms with Gasteiger partial charge in [-0.3, -0.25) is 4.79 Å². The molecule has 168 valence electrons. The third-order valence-electron chi connectivity index (χ3n) is 6.54. The molecule has 0 amide bonds. The average Bonchev–Trinajstić information content (AvgIpc) is 2.77. The molecular weight excluding hydrogens is 404 g/mol. The number of methoxy groups -OCH3 is 1. The molecule has 0 aliphatic carbocycles. The van der Waals surface area contributed by atoms with Crippen LogP contribution in [-0.2, 0) is 18.7 Å². The highest BCUT2D eigenvalue weighted by molar-refractivity contribution is 6.99. The van der Waals surface area contributed by atoms with Gasteiger partial charge in [-0.05, 0) is 21.8 Å². The van der Waals surface area contributed by atoms with Gasteiger partial charge in [0.2, 0.25) is 0 Å². The first-order valence-electron chi connectivity index (χ1n) is 11.2. The van der Waals surface area contributed by atoms with Gasteiger partial charge in [0.05, 0.1) is 12.0 Å². The zero-order valence-electron chi connectivity index (χ0n) is 19.6. The topological polar surface area (TPSA) is 44.8 Å². The Morgan fingerprint density at radius 1 is 0.903 bits per heavy atom. The van der Waals surface area contributed by atoms with Crippen LogP contribution in [0.5, 0.6) is 0 Å². The van der Waals surface area contributed by atoms with Crippen LogP contribution in [0.25, 0.3) is 0 Å². The maximum atomic E-state index is 12.7. The number of benzene rings is 2. The molecule has 0 N–H and O–H groups in total. The Balaban J connectivity index is 1.89. The van der Waals surface area contributed by atoms with E-state index in [4.69, 9.17) is 13.9 Å². The molecule has 0 saturated carbocycles. The van der Waals surface area contributed by atoms with Crippen LogP contribution in [0.2, 0.25) is 5.04 Å². The van der Waals surface area contributed by atoms with Gasteiger partial charge in [0.25, 0.3) is 8.32 Å². The van der Waals surface area contributed by atoms with Crippen molar-refractivity contribution in [3.8, 4) is 0 Å². The second kappa shape index (κ2) is 9.78. The lowest BCUT2D eigenvalue weighted by Gasteiger charge is -2.44. The van der Waals surface area contributed by atoms with Crippen molar-refractivity contribution in [3.63, 3.8) is 0 Å². The van der Waals surface area contributed by atoms with E-state index in [-0.39, 0.29) is 28.8 Å². The van der Waals surface area contributed by atoms with Crippen molar-refractivity contribution in [1.29, 1.82) is 0 Å². The number of ketones is 1. The van der Waals surface area contributed by atoms with E-state index in [9.17, 15) is 4.79 Å². The smallest absolute Gasteiger partial charge is 0.261 e. The van der Waals surface area contributed by atoms with Crippen molar-refractivity contribution >= 4 is 24.5 Å². The van der Waals surface area contributed by atoms with Gasteiger partial charge in [0.15, 0.2) is 6.29 Å². The zero-order chi connectivity index (χ0) is 22.6. The molecule has 0 radical (unpaired) electrons. The Labute approximate surface area is 188 Å². The molecular formula is C26H36O4Si. The molecule has 31 heavy (non-hydrogen) atoms. The summed E-state index contributed by atoms with van der Waals surface area (Å²) in [5.41, 5.74) is 0. The monoisotopic (exact) mass is 440 g/mol. The molecule has 2 aromatic carbocycles. The lowest BCUT2D eigenvalue weighted by Crippen LogP contribution is -2.66. The van der Waals surface area contributed by atoms with E-state index >= 15 is 0 Å². The minimum Gasteiger partial charge on any atom is -0.407 e. The predicted octanol–water partition coefficient (Wildman–Crippen LogP) is 4.17. The maximum Gasteiger partial charge on any atom is 0.261 e.